The Labute approximate surface area is 106 Å². The molecule has 104 valence electrons. The van der Waals surface area contributed by atoms with Gasteiger partial charge < -0.3 is 9.47 Å². The summed E-state index contributed by atoms with van der Waals surface area (Å²) in [5.74, 6) is -1.81. The summed E-state index contributed by atoms with van der Waals surface area (Å²) in [6.45, 7) is 6.88. The Hall–Kier alpha value is -1.14. The van der Waals surface area contributed by atoms with Crippen LogP contribution in [0.25, 0.3) is 0 Å². The van der Waals surface area contributed by atoms with Gasteiger partial charge >= 0.3 is 11.9 Å². The van der Waals surface area contributed by atoms with Crippen LogP contribution in [0.15, 0.2) is 0 Å². The molecule has 1 aliphatic rings. The molecule has 0 atom stereocenters. The van der Waals surface area contributed by atoms with Crippen LogP contribution in [0, 0.1) is 5.41 Å². The zero-order chi connectivity index (χ0) is 13.8. The average molecular weight is 260 g/mol. The molecule has 0 radical (unpaired) electrons. The molecule has 0 aromatic heterocycles. The van der Waals surface area contributed by atoms with E-state index < -0.39 is 23.1 Å². The number of hydrogen-bond acceptors (Lipinski definition) is 6. The maximum Gasteiger partial charge on any atom is 0.344 e. The molecule has 0 spiro atoms. The summed E-state index contributed by atoms with van der Waals surface area (Å²) in [4.78, 5) is 32.3. The van der Waals surface area contributed by atoms with Crippen LogP contribution in [-0.4, -0.2) is 30.9 Å². The summed E-state index contributed by atoms with van der Waals surface area (Å²) in [6.07, 6.45) is 1.23. The van der Waals surface area contributed by atoms with Crippen molar-refractivity contribution in [1.82, 2.24) is 0 Å². The van der Waals surface area contributed by atoms with Gasteiger partial charge in [0.25, 0.3) is 5.79 Å². The number of carbonyl (C=O) groups is 2. The monoisotopic (exact) mass is 260 g/mol. The first-order chi connectivity index (χ1) is 8.35. The van der Waals surface area contributed by atoms with Gasteiger partial charge in [0, 0.05) is 6.42 Å². The SMILES string of the molecule is CCC1(COC(=O)COC(=O)C(C)(C)CC)OO1. The van der Waals surface area contributed by atoms with Gasteiger partial charge in [0.1, 0.15) is 0 Å². The predicted octanol–water partition coefficient (Wildman–Crippen LogP) is 1.58. The molecule has 0 saturated carbocycles. The molecular weight excluding hydrogens is 240 g/mol. The van der Waals surface area contributed by atoms with Crippen molar-refractivity contribution < 1.29 is 28.8 Å². The van der Waals surface area contributed by atoms with Crippen LogP contribution < -0.4 is 0 Å². The molecule has 1 fully saturated rings. The normalized spacial score (nSPS) is 17.1. The summed E-state index contributed by atoms with van der Waals surface area (Å²) >= 11 is 0. The Morgan fingerprint density at radius 3 is 2.22 bits per heavy atom. The van der Waals surface area contributed by atoms with Crippen molar-refractivity contribution in [2.45, 2.75) is 46.3 Å². The topological polar surface area (TPSA) is 77.7 Å². The largest absolute Gasteiger partial charge is 0.457 e. The lowest BCUT2D eigenvalue weighted by Crippen LogP contribution is -2.29. The summed E-state index contributed by atoms with van der Waals surface area (Å²) < 4.78 is 9.77. The first-order valence-corrected chi connectivity index (χ1v) is 6.05. The van der Waals surface area contributed by atoms with Crippen molar-refractivity contribution in [3.8, 4) is 0 Å². The Kier molecular flexibility index (Phi) is 4.70. The molecule has 0 unspecified atom stereocenters. The second-order valence-corrected chi connectivity index (χ2v) is 4.91. The second kappa shape index (κ2) is 5.67. The number of ether oxygens (including phenoxy) is 2. The molecule has 0 N–H and O–H groups in total. The molecule has 6 heteroatoms. The highest BCUT2D eigenvalue weighted by atomic mass is 17.4. The summed E-state index contributed by atoms with van der Waals surface area (Å²) in [7, 11) is 0. The van der Waals surface area contributed by atoms with E-state index >= 15 is 0 Å². The van der Waals surface area contributed by atoms with Gasteiger partial charge in [-0.3, -0.25) is 4.79 Å². The van der Waals surface area contributed by atoms with Crippen molar-refractivity contribution in [3.63, 3.8) is 0 Å². The standard InChI is InChI=1S/C12H20O6/c1-5-11(3,4)10(14)15-7-9(13)16-8-12(6-2)17-18-12/h5-8H2,1-4H3. The molecule has 1 rings (SSSR count). The minimum absolute atomic E-state index is 0.0110. The molecular formula is C12H20O6. The molecule has 0 amide bonds. The van der Waals surface area contributed by atoms with Crippen LogP contribution in [0.2, 0.25) is 0 Å². The highest BCUT2D eigenvalue weighted by Gasteiger charge is 2.48. The Morgan fingerprint density at radius 1 is 1.17 bits per heavy atom. The van der Waals surface area contributed by atoms with Crippen LogP contribution in [0.3, 0.4) is 0 Å². The van der Waals surface area contributed by atoms with E-state index in [0.29, 0.717) is 12.8 Å². The lowest BCUT2D eigenvalue weighted by atomic mass is 9.91. The van der Waals surface area contributed by atoms with E-state index in [1.54, 1.807) is 13.8 Å². The Morgan fingerprint density at radius 2 is 1.78 bits per heavy atom. The third-order valence-corrected chi connectivity index (χ3v) is 3.07. The average Bonchev–Trinajstić information content (AvgIpc) is 3.14. The number of rotatable bonds is 7. The zero-order valence-electron chi connectivity index (χ0n) is 11.3. The minimum atomic E-state index is -0.789. The van der Waals surface area contributed by atoms with E-state index in [1.807, 2.05) is 13.8 Å². The van der Waals surface area contributed by atoms with Crippen molar-refractivity contribution >= 4 is 11.9 Å². The Bertz CT molecular complexity index is 319. The maximum absolute atomic E-state index is 11.6. The molecule has 0 aromatic rings. The van der Waals surface area contributed by atoms with Gasteiger partial charge in [-0.1, -0.05) is 13.8 Å². The predicted molar refractivity (Wildman–Crippen MR) is 61.2 cm³/mol. The number of hydrogen-bond donors (Lipinski definition) is 0. The van der Waals surface area contributed by atoms with Crippen molar-refractivity contribution in [1.29, 1.82) is 0 Å². The zero-order valence-corrected chi connectivity index (χ0v) is 11.3. The highest BCUT2D eigenvalue weighted by Crippen LogP contribution is 2.33. The first-order valence-electron chi connectivity index (χ1n) is 6.05. The third-order valence-electron chi connectivity index (χ3n) is 3.07. The van der Waals surface area contributed by atoms with Gasteiger partial charge in [0.15, 0.2) is 13.2 Å². The van der Waals surface area contributed by atoms with Crippen molar-refractivity contribution in [2.24, 2.45) is 5.41 Å². The van der Waals surface area contributed by atoms with Gasteiger partial charge in [-0.25, -0.2) is 4.79 Å². The van der Waals surface area contributed by atoms with Gasteiger partial charge in [-0.2, -0.15) is 9.78 Å². The molecule has 18 heavy (non-hydrogen) atoms. The lowest BCUT2D eigenvalue weighted by molar-refractivity contribution is -0.165. The fraction of sp³-hybridized carbons (Fsp3) is 0.833. The molecule has 1 saturated heterocycles. The molecule has 1 heterocycles. The summed E-state index contributed by atoms with van der Waals surface area (Å²) in [5.41, 5.74) is -0.590. The summed E-state index contributed by atoms with van der Waals surface area (Å²) in [5, 5.41) is 0. The van der Waals surface area contributed by atoms with Crippen LogP contribution in [0.1, 0.15) is 40.5 Å². The van der Waals surface area contributed by atoms with Gasteiger partial charge in [0.05, 0.1) is 5.41 Å². The summed E-state index contributed by atoms with van der Waals surface area (Å²) in [6, 6.07) is 0. The molecule has 0 bridgehead atoms. The Balaban J connectivity index is 2.23. The fourth-order valence-corrected chi connectivity index (χ4v) is 1.02. The van der Waals surface area contributed by atoms with Gasteiger partial charge in [-0.05, 0) is 20.3 Å². The fourth-order valence-electron chi connectivity index (χ4n) is 1.02. The van der Waals surface area contributed by atoms with E-state index in [2.05, 4.69) is 0 Å². The first kappa shape index (κ1) is 14.9. The highest BCUT2D eigenvalue weighted by molar-refractivity contribution is 5.79. The molecule has 0 aliphatic carbocycles. The van der Waals surface area contributed by atoms with E-state index in [1.165, 1.54) is 0 Å². The van der Waals surface area contributed by atoms with Crippen molar-refractivity contribution in [3.05, 3.63) is 0 Å². The number of esters is 2. The van der Waals surface area contributed by atoms with Crippen molar-refractivity contribution in [2.75, 3.05) is 13.2 Å². The van der Waals surface area contributed by atoms with E-state index in [4.69, 9.17) is 19.2 Å². The molecule has 6 nitrogen and oxygen atoms in total. The minimum Gasteiger partial charge on any atom is -0.457 e. The van der Waals surface area contributed by atoms with Crippen LogP contribution in [0.5, 0.6) is 0 Å². The van der Waals surface area contributed by atoms with E-state index in [9.17, 15) is 9.59 Å². The third kappa shape index (κ3) is 3.96. The van der Waals surface area contributed by atoms with Crippen LogP contribution in [-0.2, 0) is 28.8 Å². The quantitative estimate of drug-likeness (QED) is 0.393. The second-order valence-electron chi connectivity index (χ2n) is 4.91. The maximum atomic E-state index is 11.6. The van der Waals surface area contributed by atoms with Crippen LogP contribution in [0.4, 0.5) is 0 Å². The van der Waals surface area contributed by atoms with Gasteiger partial charge in [0.2, 0.25) is 0 Å². The smallest absolute Gasteiger partial charge is 0.344 e. The molecule has 1 aliphatic heterocycles. The van der Waals surface area contributed by atoms with E-state index in [0.717, 1.165) is 0 Å². The van der Waals surface area contributed by atoms with Gasteiger partial charge in [-0.15, -0.1) is 0 Å². The molecule has 0 aromatic carbocycles. The number of carbonyl (C=O) groups excluding carboxylic acids is 2. The van der Waals surface area contributed by atoms with Crippen LogP contribution >= 0.6 is 0 Å². The lowest BCUT2D eigenvalue weighted by Gasteiger charge is -2.19. The van der Waals surface area contributed by atoms with E-state index in [-0.39, 0.29) is 13.2 Å².